The Morgan fingerprint density at radius 2 is 1.83 bits per heavy atom. The first-order chi connectivity index (χ1) is 14.6. The Labute approximate surface area is 181 Å². The van der Waals surface area contributed by atoms with E-state index in [-0.39, 0.29) is 19.2 Å². The number of nitrogens with one attached hydrogen (secondary N) is 2. The van der Waals surface area contributed by atoms with Crippen molar-refractivity contribution >= 4 is 23.6 Å². The molecule has 30 heavy (non-hydrogen) atoms. The molecule has 8 heteroatoms. The molecule has 7 nitrogen and oxygen atoms in total. The van der Waals surface area contributed by atoms with Crippen LogP contribution in [0.25, 0.3) is 0 Å². The van der Waals surface area contributed by atoms with Gasteiger partial charge in [0.15, 0.2) is 17.5 Å². The van der Waals surface area contributed by atoms with Gasteiger partial charge in [0.05, 0.1) is 0 Å². The maximum absolute atomic E-state index is 11.9. The third-order valence-corrected chi connectivity index (χ3v) is 5.43. The van der Waals surface area contributed by atoms with E-state index in [1.54, 1.807) is 30.8 Å². The number of carbonyl (C=O) groups excluding carboxylic acids is 1. The lowest BCUT2D eigenvalue weighted by atomic mass is 10.1. The number of thioether (sulfide) groups is 1. The van der Waals surface area contributed by atoms with Gasteiger partial charge in [0, 0.05) is 37.8 Å². The molecule has 1 heterocycles. The largest absolute Gasteiger partial charge is 0.454 e. The topological polar surface area (TPSA) is 75.2 Å². The summed E-state index contributed by atoms with van der Waals surface area (Å²) >= 11 is 1.78. The smallest absolute Gasteiger partial charge is 0.243 e. The van der Waals surface area contributed by atoms with E-state index in [4.69, 9.17) is 9.47 Å². The molecule has 1 amide bonds. The summed E-state index contributed by atoms with van der Waals surface area (Å²) < 4.78 is 10.8. The summed E-state index contributed by atoms with van der Waals surface area (Å²) in [5.74, 6) is 3.07. The van der Waals surface area contributed by atoms with E-state index in [0.717, 1.165) is 35.8 Å². The van der Waals surface area contributed by atoms with Crippen LogP contribution in [0.15, 0.2) is 58.4 Å². The first kappa shape index (κ1) is 21.8. The molecule has 0 aliphatic carbocycles. The molecule has 2 aromatic rings. The second-order valence-electron chi connectivity index (χ2n) is 6.91. The normalized spacial score (nSPS) is 12.5. The predicted octanol–water partition coefficient (Wildman–Crippen LogP) is 2.37. The maximum Gasteiger partial charge on any atom is 0.243 e. The van der Waals surface area contributed by atoms with Crippen molar-refractivity contribution in [1.29, 1.82) is 0 Å². The first-order valence-corrected chi connectivity index (χ1v) is 10.9. The molecule has 1 aliphatic rings. The number of fused-ring (bicyclic) bond motifs is 1. The van der Waals surface area contributed by atoms with Crippen LogP contribution in [0, 0.1) is 0 Å². The number of hydrogen-bond donors (Lipinski definition) is 2. The van der Waals surface area contributed by atoms with Gasteiger partial charge in [-0.1, -0.05) is 24.3 Å². The number of benzene rings is 2. The zero-order valence-electron chi connectivity index (χ0n) is 17.4. The lowest BCUT2D eigenvalue weighted by Gasteiger charge is -2.14. The van der Waals surface area contributed by atoms with Crippen molar-refractivity contribution < 1.29 is 14.3 Å². The number of nitrogens with zero attached hydrogens (tertiary/aromatic N) is 2. The molecule has 0 saturated carbocycles. The third kappa shape index (κ3) is 6.88. The van der Waals surface area contributed by atoms with Crippen molar-refractivity contribution in [3.05, 3.63) is 54.1 Å². The van der Waals surface area contributed by atoms with Gasteiger partial charge < -0.3 is 25.0 Å². The number of hydrogen-bond acceptors (Lipinski definition) is 5. The Hall–Kier alpha value is -2.87. The number of aliphatic imine (C=N–C) groups is 1. The Morgan fingerprint density at radius 1 is 1.07 bits per heavy atom. The minimum atomic E-state index is -0.0365. The van der Waals surface area contributed by atoms with Crippen molar-refractivity contribution in [2.45, 2.75) is 11.3 Å². The molecule has 1 aliphatic heterocycles. The summed E-state index contributed by atoms with van der Waals surface area (Å²) in [6, 6.07) is 16.2. The standard InChI is InChI=1S/C22H28N4O3S/c1-26(2)21(27)15-25-22(24-12-13-30-18-6-4-3-5-7-18)23-11-10-17-8-9-19-20(14-17)29-16-28-19/h3-9,14H,10-13,15-16H2,1-2H3,(H2,23,24,25). The molecule has 0 saturated heterocycles. The van der Waals surface area contributed by atoms with Crippen molar-refractivity contribution in [1.82, 2.24) is 15.5 Å². The highest BCUT2D eigenvalue weighted by atomic mass is 32.2. The van der Waals surface area contributed by atoms with Crippen LogP contribution < -0.4 is 20.1 Å². The molecule has 160 valence electrons. The van der Waals surface area contributed by atoms with E-state index in [9.17, 15) is 4.79 Å². The molecule has 0 atom stereocenters. The van der Waals surface area contributed by atoms with Crippen LogP contribution in [0.2, 0.25) is 0 Å². The highest BCUT2D eigenvalue weighted by Gasteiger charge is 2.13. The zero-order chi connectivity index (χ0) is 21.2. The van der Waals surface area contributed by atoms with E-state index < -0.39 is 0 Å². The Morgan fingerprint density at radius 3 is 2.63 bits per heavy atom. The van der Waals surface area contributed by atoms with Crippen LogP contribution in [-0.2, 0) is 11.2 Å². The van der Waals surface area contributed by atoms with E-state index in [2.05, 4.69) is 27.8 Å². The number of carbonyl (C=O) groups is 1. The molecule has 0 aromatic heterocycles. The highest BCUT2D eigenvalue weighted by molar-refractivity contribution is 7.99. The first-order valence-electron chi connectivity index (χ1n) is 9.90. The Balaban J connectivity index is 1.48. The number of likely N-dealkylation sites (N-methyl/N-ethyl adjacent to an activating group) is 1. The Kier molecular flexibility index (Phi) is 8.26. The minimum absolute atomic E-state index is 0.0365. The van der Waals surface area contributed by atoms with Crippen LogP contribution >= 0.6 is 11.8 Å². The van der Waals surface area contributed by atoms with Gasteiger partial charge in [-0.15, -0.1) is 11.8 Å². The van der Waals surface area contributed by atoms with E-state index in [1.165, 1.54) is 4.90 Å². The summed E-state index contributed by atoms with van der Waals surface area (Å²) in [7, 11) is 3.46. The number of rotatable bonds is 9. The summed E-state index contributed by atoms with van der Waals surface area (Å²) in [6.07, 6.45) is 0.803. The molecule has 0 fully saturated rings. The summed E-state index contributed by atoms with van der Waals surface area (Å²) in [5, 5.41) is 6.63. The highest BCUT2D eigenvalue weighted by Crippen LogP contribution is 2.32. The van der Waals surface area contributed by atoms with Crippen LogP contribution in [0.1, 0.15) is 5.56 Å². The summed E-state index contributed by atoms with van der Waals surface area (Å²) in [4.78, 5) is 19.1. The van der Waals surface area contributed by atoms with Gasteiger partial charge in [-0.25, -0.2) is 4.99 Å². The molecule has 0 unspecified atom stereocenters. The maximum atomic E-state index is 11.9. The number of guanidine groups is 1. The minimum Gasteiger partial charge on any atom is -0.454 e. The van der Waals surface area contributed by atoms with Crippen LogP contribution in [-0.4, -0.2) is 63.0 Å². The third-order valence-electron chi connectivity index (χ3n) is 4.42. The van der Waals surface area contributed by atoms with Gasteiger partial charge in [-0.05, 0) is 36.2 Å². The summed E-state index contributed by atoms with van der Waals surface area (Å²) in [6.45, 7) is 1.82. The van der Waals surface area contributed by atoms with E-state index in [0.29, 0.717) is 12.5 Å². The van der Waals surface area contributed by atoms with E-state index in [1.807, 2.05) is 36.4 Å². The van der Waals surface area contributed by atoms with Crippen molar-refractivity contribution in [2.24, 2.45) is 4.99 Å². The molecule has 0 spiro atoms. The number of amides is 1. The van der Waals surface area contributed by atoms with Crippen LogP contribution in [0.3, 0.4) is 0 Å². The zero-order valence-corrected chi connectivity index (χ0v) is 18.2. The molecule has 2 aromatic carbocycles. The van der Waals surface area contributed by atoms with Crippen molar-refractivity contribution in [2.75, 3.05) is 46.3 Å². The predicted molar refractivity (Wildman–Crippen MR) is 120 cm³/mol. The fourth-order valence-corrected chi connectivity index (χ4v) is 3.53. The second-order valence-corrected chi connectivity index (χ2v) is 8.07. The van der Waals surface area contributed by atoms with Crippen molar-refractivity contribution in [3.63, 3.8) is 0 Å². The fraction of sp³-hybridized carbons (Fsp3) is 0.364. The molecular formula is C22H28N4O3S. The van der Waals surface area contributed by atoms with Gasteiger partial charge >= 0.3 is 0 Å². The lowest BCUT2D eigenvalue weighted by Crippen LogP contribution is -2.40. The SMILES string of the molecule is CN(C)C(=O)CN=C(NCCSc1ccccc1)NCCc1ccc2c(c1)OCO2. The number of ether oxygens (including phenoxy) is 2. The fourth-order valence-electron chi connectivity index (χ4n) is 2.74. The summed E-state index contributed by atoms with van der Waals surface area (Å²) in [5.41, 5.74) is 1.15. The van der Waals surface area contributed by atoms with Gasteiger partial charge in [-0.2, -0.15) is 0 Å². The molecule has 0 bridgehead atoms. The Bertz CT molecular complexity index is 859. The molecular weight excluding hydrogens is 400 g/mol. The second kappa shape index (κ2) is 11.3. The quantitative estimate of drug-likeness (QED) is 0.276. The van der Waals surface area contributed by atoms with Gasteiger partial charge in [0.2, 0.25) is 12.7 Å². The van der Waals surface area contributed by atoms with Crippen molar-refractivity contribution in [3.8, 4) is 11.5 Å². The molecule has 3 rings (SSSR count). The van der Waals surface area contributed by atoms with E-state index >= 15 is 0 Å². The van der Waals surface area contributed by atoms with Gasteiger partial charge in [0.1, 0.15) is 6.54 Å². The molecule has 0 radical (unpaired) electrons. The van der Waals surface area contributed by atoms with Gasteiger partial charge in [-0.3, -0.25) is 4.79 Å². The lowest BCUT2D eigenvalue weighted by molar-refractivity contribution is -0.127. The molecule has 2 N–H and O–H groups in total. The average Bonchev–Trinajstić information content (AvgIpc) is 3.22. The van der Waals surface area contributed by atoms with Crippen LogP contribution in [0.4, 0.5) is 0 Å². The average molecular weight is 429 g/mol. The van der Waals surface area contributed by atoms with Gasteiger partial charge in [0.25, 0.3) is 0 Å². The monoisotopic (exact) mass is 428 g/mol. The van der Waals surface area contributed by atoms with Crippen LogP contribution in [0.5, 0.6) is 11.5 Å².